The normalized spacial score (nSPS) is 13.2. The van der Waals surface area contributed by atoms with Crippen LogP contribution in [0.3, 0.4) is 0 Å². The largest absolute Gasteiger partial charge is 0.416 e. The van der Waals surface area contributed by atoms with Crippen LogP contribution in [0.15, 0.2) is 24.3 Å². The Kier molecular flexibility index (Phi) is 5.42. The van der Waals surface area contributed by atoms with Crippen molar-refractivity contribution in [3.05, 3.63) is 29.8 Å². The molecular formula is C14H19F3N2O. The highest BCUT2D eigenvalue weighted by molar-refractivity contribution is 5.72. The van der Waals surface area contributed by atoms with Gasteiger partial charge in [-0.3, -0.25) is 4.79 Å². The molecule has 1 aromatic carbocycles. The van der Waals surface area contributed by atoms with E-state index in [2.05, 4.69) is 10.6 Å². The molecule has 1 aromatic rings. The molecule has 1 amide bonds. The smallest absolute Gasteiger partial charge is 0.380 e. The second-order valence-electron chi connectivity index (χ2n) is 5.01. The van der Waals surface area contributed by atoms with Crippen molar-refractivity contribution < 1.29 is 18.0 Å². The summed E-state index contributed by atoms with van der Waals surface area (Å²) in [4.78, 5) is 10.9. The third-order valence-electron chi connectivity index (χ3n) is 2.94. The number of nitrogens with one attached hydrogen (secondary N) is 2. The summed E-state index contributed by atoms with van der Waals surface area (Å²) in [6.07, 6.45) is -4.33. The van der Waals surface area contributed by atoms with Crippen molar-refractivity contribution in [2.45, 2.75) is 33.0 Å². The fourth-order valence-corrected chi connectivity index (χ4v) is 1.68. The Bertz CT molecular complexity index is 441. The molecule has 0 heterocycles. The van der Waals surface area contributed by atoms with Crippen molar-refractivity contribution in [2.24, 2.45) is 5.92 Å². The molecule has 2 N–H and O–H groups in total. The first-order chi connectivity index (χ1) is 9.20. The van der Waals surface area contributed by atoms with Gasteiger partial charge in [-0.25, -0.2) is 0 Å². The third-order valence-corrected chi connectivity index (χ3v) is 2.94. The number of anilines is 1. The molecule has 0 aliphatic rings. The minimum Gasteiger partial charge on any atom is -0.380 e. The summed E-state index contributed by atoms with van der Waals surface area (Å²) >= 11 is 0. The van der Waals surface area contributed by atoms with Gasteiger partial charge in [0.05, 0.1) is 5.56 Å². The molecule has 0 spiro atoms. The Labute approximate surface area is 116 Å². The highest BCUT2D eigenvalue weighted by Gasteiger charge is 2.30. The summed E-state index contributed by atoms with van der Waals surface area (Å²) in [5.41, 5.74) is -0.0759. The standard InChI is InChI=1S/C14H19F3N2O/c1-9(2)13(8-18-10(3)20)19-12-6-4-11(5-7-12)14(15,16)17/h4-7,9,13,19H,8H2,1-3H3,(H,18,20)/t13-/m1/s1. The van der Waals surface area contributed by atoms with Crippen LogP contribution in [0.2, 0.25) is 0 Å². The molecular weight excluding hydrogens is 269 g/mol. The van der Waals surface area contributed by atoms with Crippen molar-refractivity contribution in [1.82, 2.24) is 5.32 Å². The zero-order chi connectivity index (χ0) is 15.3. The van der Waals surface area contributed by atoms with Crippen LogP contribution in [-0.2, 0) is 11.0 Å². The van der Waals surface area contributed by atoms with E-state index in [0.717, 1.165) is 12.1 Å². The summed E-state index contributed by atoms with van der Waals surface area (Å²) in [5.74, 6) is 0.0917. The molecule has 0 aliphatic carbocycles. The Hall–Kier alpha value is -1.72. The van der Waals surface area contributed by atoms with Gasteiger partial charge in [-0.2, -0.15) is 13.2 Å². The van der Waals surface area contributed by atoms with Crippen LogP contribution in [0.4, 0.5) is 18.9 Å². The quantitative estimate of drug-likeness (QED) is 0.873. The van der Waals surface area contributed by atoms with Gasteiger partial charge in [0.15, 0.2) is 0 Å². The summed E-state index contributed by atoms with van der Waals surface area (Å²) in [6.45, 7) is 5.80. The van der Waals surface area contributed by atoms with E-state index in [-0.39, 0.29) is 17.9 Å². The van der Waals surface area contributed by atoms with Crippen LogP contribution >= 0.6 is 0 Å². The lowest BCUT2D eigenvalue weighted by Crippen LogP contribution is -2.38. The SMILES string of the molecule is CC(=O)NC[C@@H](Nc1ccc(C(F)(F)F)cc1)C(C)C. The van der Waals surface area contributed by atoms with E-state index >= 15 is 0 Å². The summed E-state index contributed by atoms with van der Waals surface area (Å²) in [6, 6.07) is 4.82. The lowest BCUT2D eigenvalue weighted by atomic mass is 10.0. The van der Waals surface area contributed by atoms with Crippen molar-refractivity contribution in [1.29, 1.82) is 0 Å². The van der Waals surface area contributed by atoms with E-state index in [1.807, 2.05) is 13.8 Å². The monoisotopic (exact) mass is 288 g/mol. The molecule has 0 aromatic heterocycles. The molecule has 6 heteroatoms. The van der Waals surface area contributed by atoms with Gasteiger partial charge in [-0.15, -0.1) is 0 Å². The van der Waals surface area contributed by atoms with E-state index < -0.39 is 11.7 Å². The first-order valence-corrected chi connectivity index (χ1v) is 6.38. The Balaban J connectivity index is 2.71. The van der Waals surface area contributed by atoms with E-state index in [4.69, 9.17) is 0 Å². The molecule has 3 nitrogen and oxygen atoms in total. The maximum atomic E-state index is 12.5. The maximum absolute atomic E-state index is 12.5. The number of amides is 1. The van der Waals surface area contributed by atoms with Crippen LogP contribution in [0.25, 0.3) is 0 Å². The Morgan fingerprint density at radius 1 is 1.20 bits per heavy atom. The van der Waals surface area contributed by atoms with E-state index in [9.17, 15) is 18.0 Å². The third kappa shape index (κ3) is 5.11. The van der Waals surface area contributed by atoms with E-state index in [1.54, 1.807) is 0 Å². The van der Waals surface area contributed by atoms with Gasteiger partial charge in [0.1, 0.15) is 0 Å². The molecule has 1 atom stereocenters. The molecule has 0 bridgehead atoms. The first-order valence-electron chi connectivity index (χ1n) is 6.38. The molecule has 0 saturated carbocycles. The predicted molar refractivity (Wildman–Crippen MR) is 72.4 cm³/mol. The average Bonchev–Trinajstić information content (AvgIpc) is 2.33. The average molecular weight is 288 g/mol. The van der Waals surface area contributed by atoms with Gasteiger partial charge in [0.25, 0.3) is 0 Å². The summed E-state index contributed by atoms with van der Waals surface area (Å²) in [7, 11) is 0. The zero-order valence-corrected chi connectivity index (χ0v) is 11.7. The molecule has 112 valence electrons. The van der Waals surface area contributed by atoms with Gasteiger partial charge >= 0.3 is 6.18 Å². The minimum atomic E-state index is -4.33. The zero-order valence-electron chi connectivity index (χ0n) is 11.7. The minimum absolute atomic E-state index is 0.0457. The Morgan fingerprint density at radius 2 is 1.75 bits per heavy atom. The molecule has 0 saturated heterocycles. The van der Waals surface area contributed by atoms with Gasteiger partial charge in [-0.05, 0) is 30.2 Å². The topological polar surface area (TPSA) is 41.1 Å². The molecule has 0 aliphatic heterocycles. The summed E-state index contributed by atoms with van der Waals surface area (Å²) < 4.78 is 37.4. The lowest BCUT2D eigenvalue weighted by molar-refractivity contribution is -0.137. The van der Waals surface area contributed by atoms with Crippen LogP contribution in [-0.4, -0.2) is 18.5 Å². The highest BCUT2D eigenvalue weighted by atomic mass is 19.4. The fraction of sp³-hybridized carbons (Fsp3) is 0.500. The number of halogens is 3. The van der Waals surface area contributed by atoms with Gasteiger partial charge in [0, 0.05) is 25.2 Å². The number of hydrogen-bond donors (Lipinski definition) is 2. The second-order valence-corrected chi connectivity index (χ2v) is 5.01. The maximum Gasteiger partial charge on any atom is 0.416 e. The van der Waals surface area contributed by atoms with Crippen LogP contribution in [0.5, 0.6) is 0 Å². The number of hydrogen-bond acceptors (Lipinski definition) is 2. The predicted octanol–water partition coefficient (Wildman–Crippen LogP) is 3.28. The Morgan fingerprint density at radius 3 is 2.15 bits per heavy atom. The number of benzene rings is 1. The fourth-order valence-electron chi connectivity index (χ4n) is 1.68. The molecule has 0 fully saturated rings. The van der Waals surface area contributed by atoms with Gasteiger partial charge in [-0.1, -0.05) is 13.8 Å². The van der Waals surface area contributed by atoms with Crippen molar-refractivity contribution in [3.63, 3.8) is 0 Å². The lowest BCUT2D eigenvalue weighted by Gasteiger charge is -2.24. The molecule has 20 heavy (non-hydrogen) atoms. The second kappa shape index (κ2) is 6.63. The first kappa shape index (κ1) is 16.3. The molecule has 1 rings (SSSR count). The molecule has 0 unspecified atom stereocenters. The van der Waals surface area contributed by atoms with Crippen LogP contribution < -0.4 is 10.6 Å². The van der Waals surface area contributed by atoms with Crippen LogP contribution in [0, 0.1) is 5.92 Å². The number of carbonyl (C=O) groups is 1. The summed E-state index contributed by atoms with van der Waals surface area (Å²) in [5, 5.41) is 5.83. The van der Waals surface area contributed by atoms with Crippen molar-refractivity contribution in [2.75, 3.05) is 11.9 Å². The van der Waals surface area contributed by atoms with Crippen molar-refractivity contribution in [3.8, 4) is 0 Å². The molecule has 0 radical (unpaired) electrons. The number of carbonyl (C=O) groups excluding carboxylic acids is 1. The van der Waals surface area contributed by atoms with E-state index in [0.29, 0.717) is 12.2 Å². The van der Waals surface area contributed by atoms with Crippen molar-refractivity contribution >= 4 is 11.6 Å². The highest BCUT2D eigenvalue weighted by Crippen LogP contribution is 2.30. The van der Waals surface area contributed by atoms with E-state index in [1.165, 1.54) is 19.1 Å². The number of rotatable bonds is 5. The van der Waals surface area contributed by atoms with Gasteiger partial charge in [0.2, 0.25) is 5.91 Å². The van der Waals surface area contributed by atoms with Gasteiger partial charge < -0.3 is 10.6 Å². The van der Waals surface area contributed by atoms with Crippen LogP contribution in [0.1, 0.15) is 26.3 Å². The number of alkyl halides is 3.